The third kappa shape index (κ3) is 2.48. The zero-order valence-electron chi connectivity index (χ0n) is 11.1. The van der Waals surface area contributed by atoms with E-state index in [-0.39, 0.29) is 5.38 Å². The minimum Gasteiger partial charge on any atom is -0.113 e. The van der Waals surface area contributed by atoms with E-state index in [0.29, 0.717) is 0 Å². The van der Waals surface area contributed by atoms with Gasteiger partial charge in [0.1, 0.15) is 0 Å². The molecule has 0 nitrogen and oxygen atoms in total. The van der Waals surface area contributed by atoms with Crippen LogP contribution in [0, 0.1) is 6.92 Å². The van der Waals surface area contributed by atoms with Crippen molar-refractivity contribution in [2.75, 3.05) is 0 Å². The van der Waals surface area contributed by atoms with Crippen molar-refractivity contribution in [2.45, 2.75) is 12.3 Å². The Bertz CT molecular complexity index is 759. The number of alkyl halides is 1. The summed E-state index contributed by atoms with van der Waals surface area (Å²) in [6.45, 7) is 2.08. The third-order valence-corrected chi connectivity index (χ3v) is 4.93. The van der Waals surface area contributed by atoms with E-state index in [1.807, 2.05) is 0 Å². The highest BCUT2D eigenvalue weighted by molar-refractivity contribution is 9.10. The number of hydrogen-bond donors (Lipinski definition) is 0. The molecule has 0 bridgehead atoms. The van der Waals surface area contributed by atoms with Crippen LogP contribution in [0.2, 0.25) is 0 Å². The second-order valence-electron chi connectivity index (χ2n) is 4.94. The van der Waals surface area contributed by atoms with Gasteiger partial charge in [-0.3, -0.25) is 0 Å². The van der Waals surface area contributed by atoms with Gasteiger partial charge < -0.3 is 0 Å². The average molecular weight is 346 g/mol. The lowest BCUT2D eigenvalue weighted by Crippen LogP contribution is -1.95. The molecule has 3 rings (SSSR count). The second kappa shape index (κ2) is 5.59. The summed E-state index contributed by atoms with van der Waals surface area (Å²) in [6, 6.07) is 20.9. The summed E-state index contributed by atoms with van der Waals surface area (Å²) in [4.78, 5) is 0. The molecule has 0 aliphatic rings. The highest BCUT2D eigenvalue weighted by atomic mass is 79.9. The van der Waals surface area contributed by atoms with Crippen molar-refractivity contribution in [3.05, 3.63) is 81.8 Å². The van der Waals surface area contributed by atoms with Crippen LogP contribution in [-0.4, -0.2) is 0 Å². The Morgan fingerprint density at radius 1 is 0.950 bits per heavy atom. The van der Waals surface area contributed by atoms with Gasteiger partial charge in [0.2, 0.25) is 0 Å². The summed E-state index contributed by atoms with van der Waals surface area (Å²) in [7, 11) is 0. The maximum absolute atomic E-state index is 6.71. The zero-order valence-corrected chi connectivity index (χ0v) is 13.4. The first-order valence-corrected chi connectivity index (χ1v) is 7.77. The molecule has 0 aliphatic heterocycles. The molecule has 0 radical (unpaired) electrons. The van der Waals surface area contributed by atoms with Crippen molar-refractivity contribution in [3.8, 4) is 0 Å². The van der Waals surface area contributed by atoms with Gasteiger partial charge in [-0.15, -0.1) is 11.6 Å². The molecule has 100 valence electrons. The first-order valence-electron chi connectivity index (χ1n) is 6.54. The molecule has 0 spiro atoms. The van der Waals surface area contributed by atoms with Crippen LogP contribution < -0.4 is 0 Å². The molecule has 0 amide bonds. The second-order valence-corrected chi connectivity index (χ2v) is 6.23. The number of hydrogen-bond acceptors (Lipinski definition) is 0. The van der Waals surface area contributed by atoms with Crippen LogP contribution in [0.25, 0.3) is 10.8 Å². The van der Waals surface area contributed by atoms with Gasteiger partial charge in [0.05, 0.1) is 5.38 Å². The number of rotatable bonds is 2. The van der Waals surface area contributed by atoms with Gasteiger partial charge in [0.25, 0.3) is 0 Å². The lowest BCUT2D eigenvalue weighted by Gasteiger charge is -2.14. The van der Waals surface area contributed by atoms with E-state index in [0.717, 1.165) is 15.6 Å². The molecule has 1 atom stereocenters. The topological polar surface area (TPSA) is 0 Å². The highest BCUT2D eigenvalue weighted by Crippen LogP contribution is 2.35. The average Bonchev–Trinajstić information content (AvgIpc) is 2.49. The third-order valence-electron chi connectivity index (χ3n) is 3.58. The van der Waals surface area contributed by atoms with E-state index in [4.69, 9.17) is 11.6 Å². The van der Waals surface area contributed by atoms with Crippen LogP contribution >= 0.6 is 27.5 Å². The first kappa shape index (κ1) is 13.7. The lowest BCUT2D eigenvalue weighted by atomic mass is 9.97. The predicted octanol–water partition coefficient (Wildman–Crippen LogP) is 6.24. The monoisotopic (exact) mass is 344 g/mol. The first-order chi connectivity index (χ1) is 9.66. The molecule has 3 aromatic carbocycles. The van der Waals surface area contributed by atoms with E-state index in [9.17, 15) is 0 Å². The van der Waals surface area contributed by atoms with Crippen molar-refractivity contribution in [1.82, 2.24) is 0 Å². The van der Waals surface area contributed by atoms with Crippen LogP contribution in [0.15, 0.2) is 65.1 Å². The Hall–Kier alpha value is -1.31. The largest absolute Gasteiger partial charge is 0.113 e. The van der Waals surface area contributed by atoms with Crippen molar-refractivity contribution >= 4 is 38.3 Å². The molecule has 0 saturated carbocycles. The van der Waals surface area contributed by atoms with Gasteiger partial charge in [0.15, 0.2) is 0 Å². The summed E-state index contributed by atoms with van der Waals surface area (Å²) in [6.07, 6.45) is 0. The van der Waals surface area contributed by atoms with Crippen LogP contribution in [0.4, 0.5) is 0 Å². The molecule has 0 heterocycles. The Labute approximate surface area is 132 Å². The van der Waals surface area contributed by atoms with E-state index >= 15 is 0 Å². The number of halogens is 2. The van der Waals surface area contributed by atoms with Gasteiger partial charge in [-0.2, -0.15) is 0 Å². The summed E-state index contributed by atoms with van der Waals surface area (Å²) < 4.78 is 1.10. The quantitative estimate of drug-likeness (QED) is 0.482. The fraction of sp³-hybridized carbons (Fsp3) is 0.111. The lowest BCUT2D eigenvalue weighted by molar-refractivity contribution is 1.15. The Balaban J connectivity index is 2.12. The normalized spacial score (nSPS) is 12.6. The zero-order chi connectivity index (χ0) is 14.1. The summed E-state index contributed by atoms with van der Waals surface area (Å²) >= 11 is 10.3. The van der Waals surface area contributed by atoms with Crippen molar-refractivity contribution in [3.63, 3.8) is 0 Å². The predicted molar refractivity (Wildman–Crippen MR) is 90.5 cm³/mol. The number of benzene rings is 3. The summed E-state index contributed by atoms with van der Waals surface area (Å²) in [5, 5.41) is 2.30. The van der Waals surface area contributed by atoms with Gasteiger partial charge in [-0.05, 0) is 40.5 Å². The van der Waals surface area contributed by atoms with E-state index in [2.05, 4.69) is 83.5 Å². The van der Waals surface area contributed by atoms with E-state index in [1.165, 1.54) is 16.3 Å². The van der Waals surface area contributed by atoms with E-state index in [1.54, 1.807) is 0 Å². The standard InChI is InChI=1S/C18H14BrCl/c1-12-9-10-14(11-17(12)19)18(20)16-8-4-6-13-5-2-3-7-15(13)16/h2-11,18H,1H3. The Kier molecular flexibility index (Phi) is 3.82. The molecule has 0 saturated heterocycles. The minimum atomic E-state index is -0.141. The summed E-state index contributed by atoms with van der Waals surface area (Å²) in [5.41, 5.74) is 3.48. The maximum atomic E-state index is 6.71. The van der Waals surface area contributed by atoms with Gasteiger partial charge in [-0.25, -0.2) is 0 Å². The highest BCUT2D eigenvalue weighted by Gasteiger charge is 2.14. The van der Waals surface area contributed by atoms with Crippen molar-refractivity contribution in [1.29, 1.82) is 0 Å². The number of aryl methyl sites for hydroxylation is 1. The van der Waals surface area contributed by atoms with E-state index < -0.39 is 0 Å². The van der Waals surface area contributed by atoms with Crippen molar-refractivity contribution in [2.24, 2.45) is 0 Å². The van der Waals surface area contributed by atoms with Crippen molar-refractivity contribution < 1.29 is 0 Å². The SMILES string of the molecule is Cc1ccc(C(Cl)c2cccc3ccccc23)cc1Br. The van der Waals surface area contributed by atoms with Gasteiger partial charge in [0, 0.05) is 4.47 Å². The molecule has 20 heavy (non-hydrogen) atoms. The fourth-order valence-corrected chi connectivity index (χ4v) is 3.14. The minimum absolute atomic E-state index is 0.141. The molecular weight excluding hydrogens is 332 g/mol. The molecule has 0 fully saturated rings. The summed E-state index contributed by atoms with van der Waals surface area (Å²) in [5.74, 6) is 0. The Morgan fingerprint density at radius 2 is 1.70 bits per heavy atom. The molecule has 1 unspecified atom stereocenters. The van der Waals surface area contributed by atoms with Crippen LogP contribution in [0.3, 0.4) is 0 Å². The molecule has 0 N–H and O–H groups in total. The fourth-order valence-electron chi connectivity index (χ4n) is 2.42. The van der Waals surface area contributed by atoms with Crippen LogP contribution in [0.5, 0.6) is 0 Å². The Morgan fingerprint density at radius 3 is 2.50 bits per heavy atom. The van der Waals surface area contributed by atoms with Crippen LogP contribution in [-0.2, 0) is 0 Å². The number of fused-ring (bicyclic) bond motifs is 1. The molecule has 0 aromatic heterocycles. The van der Waals surface area contributed by atoms with Gasteiger partial charge >= 0.3 is 0 Å². The smallest absolute Gasteiger partial charge is 0.0841 e. The van der Waals surface area contributed by atoms with Gasteiger partial charge in [-0.1, -0.05) is 70.5 Å². The molecular formula is C18H14BrCl. The molecule has 2 heteroatoms. The molecule has 3 aromatic rings. The molecule has 0 aliphatic carbocycles. The maximum Gasteiger partial charge on any atom is 0.0841 e. The van der Waals surface area contributed by atoms with Crippen LogP contribution in [0.1, 0.15) is 22.1 Å².